The van der Waals surface area contributed by atoms with Gasteiger partial charge in [0.25, 0.3) is 0 Å². The third-order valence-corrected chi connectivity index (χ3v) is 3.94. The van der Waals surface area contributed by atoms with E-state index in [1.54, 1.807) is 4.68 Å². The second-order valence-electron chi connectivity index (χ2n) is 5.26. The molecule has 0 saturated heterocycles. The number of nitriles is 1. The lowest BCUT2D eigenvalue weighted by molar-refractivity contribution is -0.146. The molecule has 1 aliphatic carbocycles. The van der Waals surface area contributed by atoms with Crippen molar-refractivity contribution in [3.05, 3.63) is 11.3 Å². The van der Waals surface area contributed by atoms with Crippen molar-refractivity contribution in [1.82, 2.24) is 9.78 Å². The fraction of sp³-hybridized carbons (Fsp3) is 0.643. The number of hydrogen-bond donors (Lipinski definition) is 1. The SMILES string of the molecule is COC(=O)C1CCC(Nc2c(C#N)c(C)nn2C)CC1. The van der Waals surface area contributed by atoms with Gasteiger partial charge in [-0.05, 0) is 32.6 Å². The van der Waals surface area contributed by atoms with Crippen molar-refractivity contribution in [3.63, 3.8) is 0 Å². The highest BCUT2D eigenvalue weighted by atomic mass is 16.5. The van der Waals surface area contributed by atoms with E-state index in [-0.39, 0.29) is 17.9 Å². The van der Waals surface area contributed by atoms with E-state index >= 15 is 0 Å². The standard InChI is InChI=1S/C14H20N4O2/c1-9-12(8-15)13(18(2)17-9)16-11-6-4-10(5-7-11)14(19)20-3/h10-11,16H,4-7H2,1-3H3. The predicted octanol–water partition coefficient (Wildman–Crippen LogP) is 1.74. The van der Waals surface area contributed by atoms with Crippen LogP contribution in [0.25, 0.3) is 0 Å². The molecule has 0 atom stereocenters. The van der Waals surface area contributed by atoms with E-state index in [0.717, 1.165) is 37.2 Å². The summed E-state index contributed by atoms with van der Waals surface area (Å²) in [6, 6.07) is 2.47. The molecule has 6 heteroatoms. The summed E-state index contributed by atoms with van der Waals surface area (Å²) in [6.07, 6.45) is 3.44. The van der Waals surface area contributed by atoms with Gasteiger partial charge in [0.2, 0.25) is 0 Å². The van der Waals surface area contributed by atoms with Crippen molar-refractivity contribution in [2.75, 3.05) is 12.4 Å². The van der Waals surface area contributed by atoms with Gasteiger partial charge in [0.15, 0.2) is 0 Å². The van der Waals surface area contributed by atoms with Gasteiger partial charge in [-0.2, -0.15) is 10.4 Å². The number of anilines is 1. The Kier molecular flexibility index (Phi) is 4.28. The number of nitrogens with zero attached hydrogens (tertiary/aromatic N) is 3. The van der Waals surface area contributed by atoms with Crippen LogP contribution >= 0.6 is 0 Å². The fourth-order valence-corrected chi connectivity index (χ4v) is 2.79. The molecular formula is C14H20N4O2. The maximum absolute atomic E-state index is 11.5. The van der Waals surface area contributed by atoms with Gasteiger partial charge in [-0.1, -0.05) is 0 Å². The lowest BCUT2D eigenvalue weighted by Crippen LogP contribution is -2.30. The normalized spacial score (nSPS) is 22.1. The van der Waals surface area contributed by atoms with Gasteiger partial charge in [-0.3, -0.25) is 9.48 Å². The number of ether oxygens (including phenoxy) is 1. The number of esters is 1. The zero-order valence-electron chi connectivity index (χ0n) is 12.1. The van der Waals surface area contributed by atoms with E-state index < -0.39 is 0 Å². The fourth-order valence-electron chi connectivity index (χ4n) is 2.79. The zero-order chi connectivity index (χ0) is 14.7. The second kappa shape index (κ2) is 5.95. The van der Waals surface area contributed by atoms with Gasteiger partial charge >= 0.3 is 5.97 Å². The number of hydrogen-bond acceptors (Lipinski definition) is 5. The molecule has 1 aromatic rings. The Morgan fingerprint density at radius 2 is 2.10 bits per heavy atom. The van der Waals surface area contributed by atoms with Crippen LogP contribution in [0.15, 0.2) is 0 Å². The van der Waals surface area contributed by atoms with Gasteiger partial charge in [-0.25, -0.2) is 0 Å². The molecule has 1 heterocycles. The predicted molar refractivity (Wildman–Crippen MR) is 74.0 cm³/mol. The van der Waals surface area contributed by atoms with Crippen LogP contribution in [-0.2, 0) is 16.6 Å². The summed E-state index contributed by atoms with van der Waals surface area (Å²) in [4.78, 5) is 11.5. The van der Waals surface area contributed by atoms with Crippen LogP contribution in [0.3, 0.4) is 0 Å². The van der Waals surface area contributed by atoms with Gasteiger partial charge in [0.1, 0.15) is 17.5 Å². The molecule has 1 fully saturated rings. The molecule has 108 valence electrons. The molecule has 0 aliphatic heterocycles. The van der Waals surface area contributed by atoms with E-state index in [1.807, 2.05) is 14.0 Å². The topological polar surface area (TPSA) is 79.9 Å². The molecule has 2 rings (SSSR count). The average Bonchev–Trinajstić information content (AvgIpc) is 2.72. The van der Waals surface area contributed by atoms with Gasteiger partial charge in [0.05, 0.1) is 18.7 Å². The van der Waals surface area contributed by atoms with E-state index in [9.17, 15) is 10.1 Å². The summed E-state index contributed by atoms with van der Waals surface area (Å²) in [5, 5.41) is 16.8. The summed E-state index contributed by atoms with van der Waals surface area (Å²) in [5.74, 6) is 0.672. The van der Waals surface area contributed by atoms with Crippen LogP contribution in [0, 0.1) is 24.2 Å². The van der Waals surface area contributed by atoms with E-state index in [1.165, 1.54) is 7.11 Å². The van der Waals surface area contributed by atoms with Crippen LogP contribution in [0.5, 0.6) is 0 Å². The van der Waals surface area contributed by atoms with E-state index in [0.29, 0.717) is 5.56 Å². The van der Waals surface area contributed by atoms with Gasteiger partial charge < -0.3 is 10.1 Å². The first-order valence-electron chi connectivity index (χ1n) is 6.84. The number of carbonyl (C=O) groups is 1. The van der Waals surface area contributed by atoms with Crippen LogP contribution in [0.1, 0.15) is 36.9 Å². The Morgan fingerprint density at radius 3 is 2.65 bits per heavy atom. The van der Waals surface area contributed by atoms with Crippen LogP contribution in [-0.4, -0.2) is 28.9 Å². The Morgan fingerprint density at radius 1 is 1.45 bits per heavy atom. The van der Waals surface area contributed by atoms with Crippen molar-refractivity contribution in [1.29, 1.82) is 5.26 Å². The molecule has 1 aliphatic rings. The molecule has 1 N–H and O–H groups in total. The Labute approximate surface area is 118 Å². The Hall–Kier alpha value is -2.03. The zero-order valence-corrected chi connectivity index (χ0v) is 12.1. The number of rotatable bonds is 3. The first-order valence-corrected chi connectivity index (χ1v) is 6.84. The molecule has 0 amide bonds. The molecule has 1 aromatic heterocycles. The van der Waals surface area contributed by atoms with Gasteiger partial charge in [0, 0.05) is 13.1 Å². The summed E-state index contributed by atoms with van der Waals surface area (Å²) in [5.41, 5.74) is 1.34. The summed E-state index contributed by atoms with van der Waals surface area (Å²) in [6.45, 7) is 1.83. The van der Waals surface area contributed by atoms with Crippen LogP contribution in [0.2, 0.25) is 0 Å². The monoisotopic (exact) mass is 276 g/mol. The minimum absolute atomic E-state index is 0.0155. The minimum atomic E-state index is -0.113. The molecule has 0 aromatic carbocycles. The molecular weight excluding hydrogens is 256 g/mol. The third-order valence-electron chi connectivity index (χ3n) is 3.94. The van der Waals surface area contributed by atoms with E-state index in [4.69, 9.17) is 4.74 Å². The van der Waals surface area contributed by atoms with Crippen molar-refractivity contribution in [2.45, 2.75) is 38.6 Å². The largest absolute Gasteiger partial charge is 0.469 e. The quantitative estimate of drug-likeness (QED) is 0.851. The third kappa shape index (κ3) is 2.77. The number of methoxy groups -OCH3 is 1. The molecule has 0 radical (unpaired) electrons. The molecule has 0 unspecified atom stereocenters. The Balaban J connectivity index is 2.00. The van der Waals surface area contributed by atoms with E-state index in [2.05, 4.69) is 16.5 Å². The summed E-state index contributed by atoms with van der Waals surface area (Å²) in [7, 11) is 3.26. The molecule has 0 bridgehead atoms. The van der Waals surface area contributed by atoms with Gasteiger partial charge in [-0.15, -0.1) is 0 Å². The first-order chi connectivity index (χ1) is 9.56. The van der Waals surface area contributed by atoms with Crippen LogP contribution in [0.4, 0.5) is 5.82 Å². The minimum Gasteiger partial charge on any atom is -0.469 e. The van der Waals surface area contributed by atoms with Crippen molar-refractivity contribution in [3.8, 4) is 6.07 Å². The Bertz CT molecular complexity index is 536. The first kappa shape index (κ1) is 14.4. The van der Waals surface area contributed by atoms with Crippen molar-refractivity contribution >= 4 is 11.8 Å². The smallest absolute Gasteiger partial charge is 0.308 e. The number of carbonyl (C=O) groups excluding carboxylic acids is 1. The highest BCUT2D eigenvalue weighted by molar-refractivity contribution is 5.72. The molecule has 1 saturated carbocycles. The highest BCUT2D eigenvalue weighted by Crippen LogP contribution is 2.28. The molecule has 6 nitrogen and oxygen atoms in total. The number of aromatic nitrogens is 2. The molecule has 20 heavy (non-hydrogen) atoms. The maximum atomic E-state index is 11.5. The van der Waals surface area contributed by atoms with Crippen LogP contribution < -0.4 is 5.32 Å². The lowest BCUT2D eigenvalue weighted by Gasteiger charge is -2.28. The highest BCUT2D eigenvalue weighted by Gasteiger charge is 2.28. The second-order valence-corrected chi connectivity index (χ2v) is 5.26. The average molecular weight is 276 g/mol. The molecule has 0 spiro atoms. The maximum Gasteiger partial charge on any atom is 0.308 e. The van der Waals surface area contributed by atoms with Crippen molar-refractivity contribution < 1.29 is 9.53 Å². The van der Waals surface area contributed by atoms with Crippen molar-refractivity contribution in [2.24, 2.45) is 13.0 Å². The lowest BCUT2D eigenvalue weighted by atomic mass is 9.86. The summed E-state index contributed by atoms with van der Waals surface area (Å²) >= 11 is 0. The summed E-state index contributed by atoms with van der Waals surface area (Å²) < 4.78 is 6.49. The number of nitrogens with one attached hydrogen (secondary N) is 1. The number of aryl methyl sites for hydroxylation is 2.